The van der Waals surface area contributed by atoms with Crippen LogP contribution in [0.25, 0.3) is 5.69 Å². The van der Waals surface area contributed by atoms with Crippen LogP contribution < -0.4 is 20.3 Å². The predicted molar refractivity (Wildman–Crippen MR) is 159 cm³/mol. The van der Waals surface area contributed by atoms with E-state index in [4.69, 9.17) is 14.6 Å². The molecule has 4 aromatic rings. The third kappa shape index (κ3) is 7.46. The minimum atomic E-state index is -4.59. The average molecular weight is 610 g/mol. The molecule has 10 nitrogen and oxygen atoms in total. The summed E-state index contributed by atoms with van der Waals surface area (Å²) in [5.41, 5.74) is 1.52. The number of morpholine rings is 1. The van der Waals surface area contributed by atoms with Crippen LogP contribution in [0.15, 0.2) is 60.8 Å². The molecule has 1 aliphatic heterocycles. The number of anilines is 2. The van der Waals surface area contributed by atoms with Gasteiger partial charge in [0.25, 0.3) is 0 Å². The Kier molecular flexibility index (Phi) is 8.77. The van der Waals surface area contributed by atoms with E-state index in [1.54, 1.807) is 10.7 Å². The topological polar surface area (TPSA) is 106 Å². The van der Waals surface area contributed by atoms with E-state index >= 15 is 0 Å². The lowest BCUT2D eigenvalue weighted by Gasteiger charge is -2.26. The van der Waals surface area contributed by atoms with Crippen molar-refractivity contribution in [1.82, 2.24) is 25.1 Å². The molecule has 0 spiro atoms. The van der Waals surface area contributed by atoms with Crippen LogP contribution in [0.2, 0.25) is 0 Å². The number of nitrogens with one attached hydrogen (secondary N) is 2. The number of carbonyl (C=O) groups excluding carboxylic acids is 1. The van der Waals surface area contributed by atoms with Crippen molar-refractivity contribution >= 4 is 17.8 Å². The second kappa shape index (κ2) is 12.5. The number of aromatic nitrogens is 4. The molecule has 2 aromatic heterocycles. The molecule has 2 amide bonds. The molecule has 3 heterocycles. The molecule has 2 N–H and O–H groups in total. The van der Waals surface area contributed by atoms with E-state index in [1.807, 2.05) is 56.9 Å². The van der Waals surface area contributed by atoms with Crippen molar-refractivity contribution in [2.45, 2.75) is 45.8 Å². The lowest BCUT2D eigenvalue weighted by atomic mass is 9.92. The number of hydrogen-bond acceptors (Lipinski definition) is 7. The fourth-order valence-electron chi connectivity index (χ4n) is 4.47. The second-order valence-corrected chi connectivity index (χ2v) is 11.4. The van der Waals surface area contributed by atoms with E-state index in [2.05, 4.69) is 20.6 Å². The largest absolute Gasteiger partial charge is 0.439 e. The third-order valence-electron chi connectivity index (χ3n) is 6.95. The molecule has 0 unspecified atom stereocenters. The zero-order valence-corrected chi connectivity index (χ0v) is 24.9. The number of hydrogen-bond donors (Lipinski definition) is 2. The van der Waals surface area contributed by atoms with Gasteiger partial charge in [0.1, 0.15) is 11.6 Å². The van der Waals surface area contributed by atoms with Gasteiger partial charge in [-0.1, -0.05) is 38.5 Å². The number of aryl methyl sites for hydroxylation is 1. The van der Waals surface area contributed by atoms with Crippen molar-refractivity contribution in [2.24, 2.45) is 0 Å². The molecule has 13 heteroatoms. The van der Waals surface area contributed by atoms with Gasteiger partial charge in [0, 0.05) is 48.9 Å². The molecule has 0 radical (unpaired) electrons. The van der Waals surface area contributed by atoms with Crippen molar-refractivity contribution in [3.8, 4) is 17.3 Å². The Morgan fingerprint density at radius 1 is 1.02 bits per heavy atom. The fourth-order valence-corrected chi connectivity index (χ4v) is 4.47. The van der Waals surface area contributed by atoms with E-state index in [0.717, 1.165) is 29.1 Å². The summed E-state index contributed by atoms with van der Waals surface area (Å²) in [6.45, 7) is 10.0. The molecule has 0 bridgehead atoms. The number of halogens is 3. The molecule has 0 atom stereocenters. The van der Waals surface area contributed by atoms with Crippen LogP contribution in [-0.4, -0.2) is 52.1 Å². The number of nitrogens with zero attached hydrogens (tertiary/aromatic N) is 5. The maximum Gasteiger partial charge on any atom is 0.416 e. The second-order valence-electron chi connectivity index (χ2n) is 11.4. The highest BCUT2D eigenvalue weighted by Gasteiger charge is 2.31. The first-order valence-corrected chi connectivity index (χ1v) is 14.1. The Morgan fingerprint density at radius 2 is 1.75 bits per heavy atom. The highest BCUT2D eigenvalue weighted by molar-refractivity contribution is 5.88. The zero-order chi connectivity index (χ0) is 31.5. The summed E-state index contributed by atoms with van der Waals surface area (Å²) >= 11 is 0. The summed E-state index contributed by atoms with van der Waals surface area (Å²) in [6.07, 6.45) is -3.07. The van der Waals surface area contributed by atoms with Gasteiger partial charge in [0.2, 0.25) is 11.8 Å². The van der Waals surface area contributed by atoms with Crippen LogP contribution in [0.3, 0.4) is 0 Å². The molecular weight excluding hydrogens is 575 g/mol. The van der Waals surface area contributed by atoms with Gasteiger partial charge in [-0.05, 0) is 37.3 Å². The Hall–Kier alpha value is -4.65. The highest BCUT2D eigenvalue weighted by atomic mass is 19.4. The first-order valence-electron chi connectivity index (χ1n) is 14.1. The Morgan fingerprint density at radius 3 is 2.43 bits per heavy atom. The molecule has 0 aliphatic carbocycles. The summed E-state index contributed by atoms with van der Waals surface area (Å²) in [5.74, 6) is 1.11. The van der Waals surface area contributed by atoms with Crippen molar-refractivity contribution in [3.63, 3.8) is 0 Å². The van der Waals surface area contributed by atoms with E-state index in [1.165, 1.54) is 18.3 Å². The summed E-state index contributed by atoms with van der Waals surface area (Å²) in [5, 5.41) is 10.2. The SMILES string of the molecule is Cc1ccc(-n2nc(C(C)(C)C)cc2NC(=O)NCc2cc(C(F)(F)F)ccc2Oc2ccnc(N3CCOCC3)n2)cc1. The molecule has 0 saturated carbocycles. The van der Waals surface area contributed by atoms with E-state index < -0.39 is 17.8 Å². The number of alkyl halides is 3. The van der Waals surface area contributed by atoms with Gasteiger partial charge in [0.05, 0.1) is 30.2 Å². The van der Waals surface area contributed by atoms with Gasteiger partial charge in [-0.2, -0.15) is 23.3 Å². The van der Waals surface area contributed by atoms with Crippen LogP contribution in [0.1, 0.15) is 43.2 Å². The fraction of sp³-hybridized carbons (Fsp3) is 0.355. The maximum atomic E-state index is 13.6. The maximum absolute atomic E-state index is 13.6. The normalized spacial score (nSPS) is 13.9. The predicted octanol–water partition coefficient (Wildman–Crippen LogP) is 6.24. The average Bonchev–Trinajstić information content (AvgIpc) is 3.41. The first-order chi connectivity index (χ1) is 20.9. The molecule has 1 fully saturated rings. The molecular formula is C31H34F3N7O3. The smallest absolute Gasteiger partial charge is 0.416 e. The van der Waals surface area contributed by atoms with Gasteiger partial charge in [-0.15, -0.1) is 0 Å². The van der Waals surface area contributed by atoms with Gasteiger partial charge < -0.3 is 19.7 Å². The van der Waals surface area contributed by atoms with Gasteiger partial charge in [-0.25, -0.2) is 14.5 Å². The summed E-state index contributed by atoms with van der Waals surface area (Å²) in [4.78, 5) is 23.7. The Balaban J connectivity index is 1.36. The Labute approximate surface area is 253 Å². The van der Waals surface area contributed by atoms with Gasteiger partial charge in [0.15, 0.2) is 0 Å². The molecule has 44 heavy (non-hydrogen) atoms. The summed E-state index contributed by atoms with van der Waals surface area (Å²) in [7, 11) is 0. The zero-order valence-electron chi connectivity index (χ0n) is 24.9. The number of benzene rings is 2. The van der Waals surface area contributed by atoms with Crippen molar-refractivity contribution in [3.05, 3.63) is 83.2 Å². The molecule has 232 valence electrons. The highest BCUT2D eigenvalue weighted by Crippen LogP contribution is 2.34. The van der Waals surface area contributed by atoms with Crippen LogP contribution in [0, 0.1) is 6.92 Å². The summed E-state index contributed by atoms with van der Waals surface area (Å²) in [6, 6.07) is 13.4. The number of carbonyl (C=O) groups is 1. The lowest BCUT2D eigenvalue weighted by molar-refractivity contribution is -0.137. The summed E-state index contributed by atoms with van der Waals surface area (Å²) < 4.78 is 53.8. The number of urea groups is 1. The standard InChI is InChI=1S/C31H34F3N7O3/c1-20-5-8-23(9-6-20)41-26(18-25(39-41)30(2,3)4)37-29(42)36-19-21-17-22(31(32,33)34)7-10-24(21)44-27-11-12-35-28(38-27)40-13-15-43-16-14-40/h5-12,17-18H,13-16,19H2,1-4H3,(H2,36,37,42). The van der Waals surface area contributed by atoms with Gasteiger partial charge >= 0.3 is 12.2 Å². The van der Waals surface area contributed by atoms with Crippen molar-refractivity contribution in [2.75, 3.05) is 36.5 Å². The number of amides is 2. The van der Waals surface area contributed by atoms with Crippen LogP contribution >= 0.6 is 0 Å². The monoisotopic (exact) mass is 609 g/mol. The van der Waals surface area contributed by atoms with Crippen molar-refractivity contribution < 1.29 is 27.4 Å². The number of ether oxygens (including phenoxy) is 2. The van der Waals surface area contributed by atoms with E-state index in [-0.39, 0.29) is 29.2 Å². The minimum Gasteiger partial charge on any atom is -0.439 e. The lowest BCUT2D eigenvalue weighted by Crippen LogP contribution is -2.37. The quantitative estimate of drug-likeness (QED) is 0.256. The van der Waals surface area contributed by atoms with Gasteiger partial charge in [-0.3, -0.25) is 5.32 Å². The van der Waals surface area contributed by atoms with E-state index in [9.17, 15) is 18.0 Å². The van der Waals surface area contributed by atoms with E-state index in [0.29, 0.717) is 38.1 Å². The third-order valence-corrected chi connectivity index (χ3v) is 6.95. The van der Waals surface area contributed by atoms with Crippen LogP contribution in [0.4, 0.5) is 29.7 Å². The molecule has 5 rings (SSSR count). The minimum absolute atomic E-state index is 0.115. The molecule has 1 saturated heterocycles. The Bertz CT molecular complexity index is 1610. The molecule has 1 aliphatic rings. The molecule has 2 aromatic carbocycles. The number of rotatable bonds is 7. The van der Waals surface area contributed by atoms with Crippen LogP contribution in [0.5, 0.6) is 11.6 Å². The van der Waals surface area contributed by atoms with Crippen LogP contribution in [-0.2, 0) is 22.9 Å². The van der Waals surface area contributed by atoms with Crippen molar-refractivity contribution in [1.29, 1.82) is 0 Å². The first kappa shape index (κ1) is 30.8.